The van der Waals surface area contributed by atoms with Gasteiger partial charge in [-0.2, -0.15) is 0 Å². The van der Waals surface area contributed by atoms with Gasteiger partial charge in [0.2, 0.25) is 0 Å². The largest absolute Gasteiger partial charge is 0.508 e. The Hall–Kier alpha value is -3.34. The van der Waals surface area contributed by atoms with Crippen LogP contribution < -0.4 is 9.47 Å². The number of ether oxygens (including phenoxy) is 2. The van der Waals surface area contributed by atoms with Gasteiger partial charge in [0.1, 0.15) is 5.75 Å². The fourth-order valence-corrected chi connectivity index (χ4v) is 4.38. The molecule has 0 amide bonds. The van der Waals surface area contributed by atoms with Crippen molar-refractivity contribution in [3.05, 3.63) is 65.2 Å². The molecule has 2 aromatic rings. The van der Waals surface area contributed by atoms with Gasteiger partial charge in [0, 0.05) is 0 Å². The first-order valence-corrected chi connectivity index (χ1v) is 12.3. The molecule has 0 unspecified atom stereocenters. The molecule has 1 saturated carbocycles. The number of carbonyl (C=O) groups is 2. The SMILES string of the molecule is COc1ccc(/C=C/C(=O)C2(C(=O)/C=C/c3ccc(O)c(C)c3)CCCCC2)cc1OCC(C)C. The average molecular weight is 477 g/mol. The Morgan fingerprint density at radius 1 is 0.943 bits per heavy atom. The Labute approximate surface area is 208 Å². The number of phenolic OH excluding ortho intramolecular Hbond substituents is 1. The molecule has 3 rings (SSSR count). The first kappa shape index (κ1) is 26.3. The van der Waals surface area contributed by atoms with Crippen LogP contribution in [0.15, 0.2) is 48.6 Å². The third-order valence-corrected chi connectivity index (χ3v) is 6.49. The zero-order chi connectivity index (χ0) is 25.4. The molecule has 0 spiro atoms. The molecule has 1 fully saturated rings. The van der Waals surface area contributed by atoms with Crippen LogP contribution in [0, 0.1) is 18.3 Å². The molecule has 5 nitrogen and oxygen atoms in total. The number of aryl methyl sites for hydroxylation is 1. The fraction of sp³-hybridized carbons (Fsp3) is 0.400. The molecule has 0 radical (unpaired) electrons. The summed E-state index contributed by atoms with van der Waals surface area (Å²) in [6, 6.07) is 10.7. The van der Waals surface area contributed by atoms with Crippen molar-refractivity contribution in [1.29, 1.82) is 0 Å². The van der Waals surface area contributed by atoms with Gasteiger partial charge in [-0.15, -0.1) is 0 Å². The van der Waals surface area contributed by atoms with Gasteiger partial charge in [-0.05, 0) is 78.8 Å². The molecule has 1 aliphatic rings. The van der Waals surface area contributed by atoms with Crippen LogP contribution in [0.25, 0.3) is 12.2 Å². The van der Waals surface area contributed by atoms with Crippen LogP contribution in [0.4, 0.5) is 0 Å². The predicted molar refractivity (Wildman–Crippen MR) is 140 cm³/mol. The maximum Gasteiger partial charge on any atom is 0.169 e. The minimum absolute atomic E-state index is 0.158. The highest BCUT2D eigenvalue weighted by Crippen LogP contribution is 2.39. The summed E-state index contributed by atoms with van der Waals surface area (Å²) in [5.41, 5.74) is 1.34. The van der Waals surface area contributed by atoms with E-state index in [2.05, 4.69) is 13.8 Å². The monoisotopic (exact) mass is 476 g/mol. The number of benzene rings is 2. The Morgan fingerprint density at radius 3 is 2.11 bits per heavy atom. The molecule has 0 aromatic heterocycles. The van der Waals surface area contributed by atoms with Crippen molar-refractivity contribution in [2.24, 2.45) is 11.3 Å². The van der Waals surface area contributed by atoms with E-state index in [1.807, 2.05) is 31.2 Å². The standard InChI is InChI=1S/C30H36O5/c1-21(2)20-35-27-19-24(9-13-26(27)34-4)11-15-29(33)30(16-6-5-7-17-30)28(32)14-10-23-8-12-25(31)22(3)18-23/h8-15,18-19,21,31H,5-7,16-17,20H2,1-4H3/b14-10+,15-11+. The second kappa shape index (κ2) is 11.9. The molecular formula is C30H36O5. The molecule has 0 aliphatic heterocycles. The van der Waals surface area contributed by atoms with Crippen LogP contribution in [-0.2, 0) is 9.59 Å². The van der Waals surface area contributed by atoms with E-state index in [-0.39, 0.29) is 17.3 Å². The summed E-state index contributed by atoms with van der Waals surface area (Å²) < 4.78 is 11.3. The summed E-state index contributed by atoms with van der Waals surface area (Å²) in [7, 11) is 1.60. The van der Waals surface area contributed by atoms with Crippen molar-refractivity contribution >= 4 is 23.7 Å². The summed E-state index contributed by atoms with van der Waals surface area (Å²) in [6.45, 7) is 6.52. The highest BCUT2D eigenvalue weighted by molar-refractivity contribution is 6.17. The molecule has 0 bridgehead atoms. The van der Waals surface area contributed by atoms with Gasteiger partial charge in [0.15, 0.2) is 23.1 Å². The Morgan fingerprint density at radius 2 is 1.54 bits per heavy atom. The molecule has 5 heteroatoms. The normalized spacial score (nSPS) is 15.6. The summed E-state index contributed by atoms with van der Waals surface area (Å²) in [6.07, 6.45) is 10.4. The second-order valence-electron chi connectivity index (χ2n) is 9.70. The minimum atomic E-state index is -1.03. The van der Waals surface area contributed by atoms with Crippen LogP contribution in [0.2, 0.25) is 0 Å². The van der Waals surface area contributed by atoms with E-state index in [0.29, 0.717) is 36.9 Å². The zero-order valence-corrected chi connectivity index (χ0v) is 21.2. The molecule has 0 saturated heterocycles. The molecule has 2 aromatic carbocycles. The molecule has 186 valence electrons. The number of ketones is 2. The highest BCUT2D eigenvalue weighted by Gasteiger charge is 2.43. The predicted octanol–water partition coefficient (Wildman–Crippen LogP) is 6.56. The lowest BCUT2D eigenvalue weighted by Crippen LogP contribution is -2.39. The summed E-state index contributed by atoms with van der Waals surface area (Å²) in [5, 5.41) is 9.73. The van der Waals surface area contributed by atoms with Crippen LogP contribution in [0.5, 0.6) is 17.2 Å². The molecule has 1 aliphatic carbocycles. The van der Waals surface area contributed by atoms with Gasteiger partial charge in [-0.3, -0.25) is 9.59 Å². The van der Waals surface area contributed by atoms with Gasteiger partial charge in [0.05, 0.1) is 19.1 Å². The smallest absolute Gasteiger partial charge is 0.169 e. The third-order valence-electron chi connectivity index (χ3n) is 6.49. The van der Waals surface area contributed by atoms with E-state index < -0.39 is 5.41 Å². The van der Waals surface area contributed by atoms with Crippen molar-refractivity contribution < 1.29 is 24.2 Å². The number of rotatable bonds is 10. The maximum absolute atomic E-state index is 13.4. The van der Waals surface area contributed by atoms with Crippen molar-refractivity contribution in [1.82, 2.24) is 0 Å². The van der Waals surface area contributed by atoms with Crippen molar-refractivity contribution in [2.75, 3.05) is 13.7 Å². The number of allylic oxidation sites excluding steroid dienone is 2. The Bertz CT molecular complexity index is 1100. The third kappa shape index (κ3) is 6.62. The molecule has 35 heavy (non-hydrogen) atoms. The van der Waals surface area contributed by atoms with E-state index in [9.17, 15) is 14.7 Å². The van der Waals surface area contributed by atoms with Gasteiger partial charge in [0.25, 0.3) is 0 Å². The lowest BCUT2D eigenvalue weighted by molar-refractivity contribution is -0.137. The van der Waals surface area contributed by atoms with Gasteiger partial charge in [-0.1, -0.05) is 57.4 Å². The fourth-order valence-electron chi connectivity index (χ4n) is 4.38. The number of hydrogen-bond acceptors (Lipinski definition) is 5. The van der Waals surface area contributed by atoms with Gasteiger partial charge >= 0.3 is 0 Å². The summed E-state index contributed by atoms with van der Waals surface area (Å²) in [5.74, 6) is 1.54. The van der Waals surface area contributed by atoms with Crippen molar-refractivity contribution in [3.8, 4) is 17.2 Å². The number of methoxy groups -OCH3 is 1. The number of aromatic hydroxyl groups is 1. The van der Waals surface area contributed by atoms with Crippen LogP contribution >= 0.6 is 0 Å². The number of phenols is 1. The second-order valence-corrected chi connectivity index (χ2v) is 9.70. The minimum Gasteiger partial charge on any atom is -0.508 e. The lowest BCUT2D eigenvalue weighted by Gasteiger charge is -2.32. The van der Waals surface area contributed by atoms with E-state index in [1.54, 1.807) is 31.4 Å². The Balaban J connectivity index is 1.82. The van der Waals surface area contributed by atoms with Crippen molar-refractivity contribution in [3.63, 3.8) is 0 Å². The number of carbonyl (C=O) groups excluding carboxylic acids is 2. The topological polar surface area (TPSA) is 72.8 Å². The molecule has 1 N–H and O–H groups in total. The summed E-state index contributed by atoms with van der Waals surface area (Å²) in [4.78, 5) is 26.8. The molecular weight excluding hydrogens is 440 g/mol. The van der Waals surface area contributed by atoms with E-state index in [4.69, 9.17) is 9.47 Å². The maximum atomic E-state index is 13.4. The first-order chi connectivity index (χ1) is 16.7. The van der Waals surface area contributed by atoms with Gasteiger partial charge < -0.3 is 14.6 Å². The Kier molecular flexibility index (Phi) is 8.91. The van der Waals surface area contributed by atoms with Gasteiger partial charge in [-0.25, -0.2) is 0 Å². The lowest BCUT2D eigenvalue weighted by atomic mass is 9.68. The van der Waals surface area contributed by atoms with E-state index in [0.717, 1.165) is 36.0 Å². The quantitative estimate of drug-likeness (QED) is 0.311. The van der Waals surface area contributed by atoms with Crippen molar-refractivity contribution in [2.45, 2.75) is 52.9 Å². The van der Waals surface area contributed by atoms with E-state index >= 15 is 0 Å². The first-order valence-electron chi connectivity index (χ1n) is 12.3. The zero-order valence-electron chi connectivity index (χ0n) is 21.2. The molecule has 0 heterocycles. The summed E-state index contributed by atoms with van der Waals surface area (Å²) >= 11 is 0. The van der Waals surface area contributed by atoms with Crippen LogP contribution in [0.3, 0.4) is 0 Å². The molecule has 0 atom stereocenters. The highest BCUT2D eigenvalue weighted by atomic mass is 16.5. The van der Waals surface area contributed by atoms with Crippen LogP contribution in [0.1, 0.15) is 62.6 Å². The average Bonchev–Trinajstić information content (AvgIpc) is 2.86. The van der Waals surface area contributed by atoms with Crippen LogP contribution in [-0.4, -0.2) is 30.4 Å². The van der Waals surface area contributed by atoms with E-state index in [1.165, 1.54) is 12.2 Å². The number of hydrogen-bond donors (Lipinski definition) is 1.